The highest BCUT2D eigenvalue weighted by atomic mass is 35.5. The van der Waals surface area contributed by atoms with Crippen LogP contribution in [0.4, 0.5) is 11.4 Å². The van der Waals surface area contributed by atoms with E-state index in [9.17, 15) is 0 Å². The zero-order valence-corrected chi connectivity index (χ0v) is 27.5. The van der Waals surface area contributed by atoms with Crippen LogP contribution in [0.15, 0.2) is 93.3 Å². The van der Waals surface area contributed by atoms with Gasteiger partial charge in [0.05, 0.1) is 41.0 Å². The fourth-order valence-corrected chi connectivity index (χ4v) is 3.10. The van der Waals surface area contributed by atoms with Crippen LogP contribution < -0.4 is 16.8 Å². The largest absolute Gasteiger partial charge is 0.501 e. The molecule has 0 unspecified atom stereocenters. The molecule has 0 saturated heterocycles. The van der Waals surface area contributed by atoms with Gasteiger partial charge in [0.2, 0.25) is 0 Å². The molecule has 2 rings (SSSR count). The van der Waals surface area contributed by atoms with Crippen molar-refractivity contribution in [3.63, 3.8) is 0 Å². The van der Waals surface area contributed by atoms with Gasteiger partial charge < -0.3 is 26.3 Å². The first-order valence-corrected chi connectivity index (χ1v) is 14.0. The van der Waals surface area contributed by atoms with Crippen molar-refractivity contribution in [1.82, 2.24) is 0 Å². The summed E-state index contributed by atoms with van der Waals surface area (Å²) in [6.07, 6.45) is 6.97. The Bertz CT molecular complexity index is 1160. The molecular formula is C31H45Cl2N5O2S. The molecule has 2 aromatic carbocycles. The molecule has 7 nitrogen and oxygen atoms in total. The van der Waals surface area contributed by atoms with Gasteiger partial charge in [-0.05, 0) is 101 Å². The molecule has 41 heavy (non-hydrogen) atoms. The predicted molar refractivity (Wildman–Crippen MR) is 187 cm³/mol. The first-order chi connectivity index (χ1) is 19.5. The van der Waals surface area contributed by atoms with Crippen LogP contribution in [0.25, 0.3) is 5.70 Å². The number of rotatable bonds is 9. The number of ether oxygens (including phenoxy) is 2. The molecule has 0 fully saturated rings. The van der Waals surface area contributed by atoms with Gasteiger partial charge in [0.15, 0.2) is 0 Å². The number of nitrogens with zero attached hydrogens (tertiary/aromatic N) is 2. The molecular weight excluding hydrogens is 577 g/mol. The van der Waals surface area contributed by atoms with E-state index >= 15 is 0 Å². The number of halogens is 2. The molecule has 0 aliphatic carbocycles. The Morgan fingerprint density at radius 3 is 2.10 bits per heavy atom. The maximum atomic E-state index is 5.60. The van der Waals surface area contributed by atoms with Crippen molar-refractivity contribution in [3.8, 4) is 0 Å². The quantitative estimate of drug-likeness (QED) is 0.0736. The zero-order chi connectivity index (χ0) is 31.6. The molecule has 0 spiro atoms. The molecule has 10 heteroatoms. The van der Waals surface area contributed by atoms with E-state index in [1.807, 2.05) is 64.1 Å². The summed E-state index contributed by atoms with van der Waals surface area (Å²) in [5.41, 5.74) is 15.2. The highest BCUT2D eigenvalue weighted by Gasteiger charge is 1.97. The van der Waals surface area contributed by atoms with Crippen LogP contribution in [0.3, 0.4) is 0 Å². The van der Waals surface area contributed by atoms with Crippen molar-refractivity contribution in [1.29, 1.82) is 0 Å². The first-order valence-electron chi connectivity index (χ1n) is 12.7. The summed E-state index contributed by atoms with van der Waals surface area (Å²) in [5.74, 6) is 1.78. The first kappa shape index (κ1) is 39.8. The lowest BCUT2D eigenvalue weighted by molar-refractivity contribution is 0.232. The van der Waals surface area contributed by atoms with Crippen molar-refractivity contribution in [2.45, 2.75) is 34.6 Å². The minimum atomic E-state index is 0.497. The van der Waals surface area contributed by atoms with Gasteiger partial charge in [-0.1, -0.05) is 35.3 Å². The fraction of sp³-hybridized carbons (Fsp3) is 0.290. The average molecular weight is 623 g/mol. The second-order valence-corrected chi connectivity index (χ2v) is 9.01. The van der Waals surface area contributed by atoms with E-state index in [-0.39, 0.29) is 0 Å². The number of aliphatic imine (C=N–C) groups is 2. The number of thiol groups is 1. The second kappa shape index (κ2) is 25.6. The number of anilines is 2. The van der Waals surface area contributed by atoms with Crippen LogP contribution in [-0.2, 0) is 9.47 Å². The van der Waals surface area contributed by atoms with Gasteiger partial charge in [-0.25, -0.2) is 0 Å². The van der Waals surface area contributed by atoms with E-state index in [0.717, 1.165) is 47.2 Å². The SMILES string of the molecule is C=N/C(=C\S)c1ccc(NCC)cc1.CCO/C(C)=C/C=NC.CO/C(C)=C/C(C)=C/N.Nc1ccc(Cl)c(Cl)c1. The normalized spacial score (nSPS) is 11.7. The van der Waals surface area contributed by atoms with Gasteiger partial charge >= 0.3 is 0 Å². The van der Waals surface area contributed by atoms with E-state index in [1.54, 1.807) is 50.2 Å². The summed E-state index contributed by atoms with van der Waals surface area (Å²) in [7, 11) is 3.37. The van der Waals surface area contributed by atoms with E-state index < -0.39 is 0 Å². The Morgan fingerprint density at radius 1 is 1.05 bits per heavy atom. The Labute approximate surface area is 262 Å². The van der Waals surface area contributed by atoms with Crippen LogP contribution in [0, 0.1) is 0 Å². The minimum absolute atomic E-state index is 0.497. The predicted octanol–water partition coefficient (Wildman–Crippen LogP) is 8.65. The Kier molecular flexibility index (Phi) is 24.9. The Balaban J connectivity index is 0. The molecule has 226 valence electrons. The van der Waals surface area contributed by atoms with Crippen molar-refractivity contribution >= 4 is 65.8 Å². The van der Waals surface area contributed by atoms with Crippen molar-refractivity contribution in [3.05, 3.63) is 98.9 Å². The number of hydrogen-bond acceptors (Lipinski definition) is 8. The summed E-state index contributed by atoms with van der Waals surface area (Å²) >= 11 is 15.3. The summed E-state index contributed by atoms with van der Waals surface area (Å²) in [4.78, 5) is 7.64. The number of hydrogen-bond donors (Lipinski definition) is 4. The number of methoxy groups -OCH3 is 1. The number of nitrogen functional groups attached to an aromatic ring is 1. The van der Waals surface area contributed by atoms with Crippen molar-refractivity contribution in [2.75, 3.05) is 38.4 Å². The molecule has 2 aromatic rings. The van der Waals surface area contributed by atoms with Gasteiger partial charge in [0.25, 0.3) is 0 Å². The zero-order valence-electron chi connectivity index (χ0n) is 25.1. The van der Waals surface area contributed by atoms with Crippen molar-refractivity contribution in [2.24, 2.45) is 15.7 Å². The molecule has 0 aromatic heterocycles. The molecule has 0 atom stereocenters. The summed E-state index contributed by atoms with van der Waals surface area (Å²) < 4.78 is 10.0. The molecule has 5 N–H and O–H groups in total. The number of benzene rings is 2. The third kappa shape index (κ3) is 21.1. The van der Waals surface area contributed by atoms with Gasteiger partial charge in [0.1, 0.15) is 0 Å². The van der Waals surface area contributed by atoms with Crippen LogP contribution in [0.2, 0.25) is 10.0 Å². The van der Waals surface area contributed by atoms with Crippen LogP contribution >= 0.6 is 35.8 Å². The lowest BCUT2D eigenvalue weighted by Crippen LogP contribution is -1.95. The number of allylic oxidation sites excluding steroid dienone is 5. The molecule has 0 heterocycles. The average Bonchev–Trinajstić information content (AvgIpc) is 2.96. The van der Waals surface area contributed by atoms with Crippen molar-refractivity contribution < 1.29 is 9.47 Å². The standard InChI is InChI=1S/C11H14N2S.2C7H13NO.C6H5Cl2N/c1-3-13-10-6-4-9(5-7-10)11(8-14)12-2;1-6(5-8)4-7(2)9-3;1-4-9-7(2)5-6-8-3;7-5-2-1-4(9)3-6(5)8/h4-8,13-14H,2-3H2,1H3;4-5H,8H2,1-3H3;5-6H,4H2,1-3H3;1-3H,9H2/b11-8-;6-5+,7-4+;7-5+,8-6?;. The van der Waals surface area contributed by atoms with Gasteiger partial charge in [-0.2, -0.15) is 0 Å². The molecule has 0 saturated carbocycles. The monoisotopic (exact) mass is 621 g/mol. The lowest BCUT2D eigenvalue weighted by Gasteiger charge is -2.04. The van der Waals surface area contributed by atoms with Crippen LogP contribution in [0.1, 0.15) is 40.2 Å². The lowest BCUT2D eigenvalue weighted by atomic mass is 10.1. The Hall–Kier alpha value is -3.33. The van der Waals surface area contributed by atoms with Gasteiger partial charge in [-0.15, -0.1) is 12.6 Å². The topological polar surface area (TPSA) is 107 Å². The third-order valence-corrected chi connectivity index (χ3v) is 5.63. The maximum Gasteiger partial charge on any atom is 0.0943 e. The summed E-state index contributed by atoms with van der Waals surface area (Å²) in [6.45, 7) is 14.9. The van der Waals surface area contributed by atoms with Gasteiger partial charge in [0, 0.05) is 36.7 Å². The van der Waals surface area contributed by atoms with Crippen LogP contribution in [0.5, 0.6) is 0 Å². The minimum Gasteiger partial charge on any atom is -0.501 e. The van der Waals surface area contributed by atoms with E-state index in [4.69, 9.17) is 44.1 Å². The molecule has 0 bridgehead atoms. The number of nitrogens with one attached hydrogen (secondary N) is 1. The molecule has 0 radical (unpaired) electrons. The van der Waals surface area contributed by atoms with Crippen LogP contribution in [-0.4, -0.2) is 40.2 Å². The van der Waals surface area contributed by atoms with Gasteiger partial charge in [-0.3, -0.25) is 9.98 Å². The Morgan fingerprint density at radius 2 is 1.68 bits per heavy atom. The molecule has 0 aliphatic rings. The molecule has 0 aliphatic heterocycles. The molecule has 0 amide bonds. The highest BCUT2D eigenvalue weighted by molar-refractivity contribution is 7.83. The fourth-order valence-electron chi connectivity index (χ4n) is 2.56. The number of nitrogens with two attached hydrogens (primary N) is 2. The third-order valence-electron chi connectivity index (χ3n) is 4.64. The smallest absolute Gasteiger partial charge is 0.0943 e. The summed E-state index contributed by atoms with van der Waals surface area (Å²) in [6, 6.07) is 13.0. The summed E-state index contributed by atoms with van der Waals surface area (Å²) in [5, 5.41) is 5.90. The highest BCUT2D eigenvalue weighted by Crippen LogP contribution is 2.23. The van der Waals surface area contributed by atoms with E-state index in [1.165, 1.54) is 0 Å². The van der Waals surface area contributed by atoms with E-state index in [0.29, 0.717) is 15.7 Å². The maximum absolute atomic E-state index is 5.60. The second-order valence-electron chi connectivity index (χ2n) is 7.94. The van der Waals surface area contributed by atoms with E-state index in [2.05, 4.69) is 41.6 Å².